The Balaban J connectivity index is 1.64. The minimum atomic E-state index is -0.416. The highest BCUT2D eigenvalue weighted by atomic mass is 16.5. The lowest BCUT2D eigenvalue weighted by Crippen LogP contribution is -2.46. The minimum absolute atomic E-state index is 0.205. The van der Waals surface area contributed by atoms with Gasteiger partial charge < -0.3 is 29.7 Å². The Hall–Kier alpha value is -4.20. The Morgan fingerprint density at radius 3 is 2.26 bits per heavy atom. The zero-order chi connectivity index (χ0) is 24.8. The molecule has 1 atom stereocenters. The van der Waals surface area contributed by atoms with Crippen LogP contribution in [0.25, 0.3) is 0 Å². The molecule has 3 amide bonds. The summed E-state index contributed by atoms with van der Waals surface area (Å²) in [5.41, 5.74) is 3.08. The average molecular weight is 476 g/mol. The summed E-state index contributed by atoms with van der Waals surface area (Å²) in [4.78, 5) is 27.9. The van der Waals surface area contributed by atoms with Crippen molar-refractivity contribution in [3.63, 3.8) is 0 Å². The molecule has 3 aromatic rings. The first kappa shape index (κ1) is 23.9. The van der Waals surface area contributed by atoms with E-state index in [1.165, 1.54) is 0 Å². The fourth-order valence-electron chi connectivity index (χ4n) is 4.31. The predicted molar refractivity (Wildman–Crippen MR) is 133 cm³/mol. The summed E-state index contributed by atoms with van der Waals surface area (Å²) in [5.74, 6) is 1.56. The molecule has 1 aliphatic heterocycles. The summed E-state index contributed by atoms with van der Waals surface area (Å²) in [5, 5.41) is 5.95. The molecule has 8 nitrogen and oxygen atoms in total. The molecule has 0 fully saturated rings. The van der Waals surface area contributed by atoms with E-state index in [2.05, 4.69) is 10.6 Å². The van der Waals surface area contributed by atoms with Crippen molar-refractivity contribution in [3.8, 4) is 17.2 Å². The largest absolute Gasteiger partial charge is 0.495 e. The third kappa shape index (κ3) is 5.16. The first-order valence-electron chi connectivity index (χ1n) is 11.3. The average Bonchev–Trinajstić information content (AvgIpc) is 2.91. The first-order valence-corrected chi connectivity index (χ1v) is 11.3. The van der Waals surface area contributed by atoms with Crippen molar-refractivity contribution < 1.29 is 23.8 Å². The van der Waals surface area contributed by atoms with Crippen LogP contribution in [0.15, 0.2) is 66.7 Å². The van der Waals surface area contributed by atoms with Gasteiger partial charge in [0.2, 0.25) is 0 Å². The van der Waals surface area contributed by atoms with E-state index in [1.807, 2.05) is 42.5 Å². The third-order valence-electron chi connectivity index (χ3n) is 6.10. The van der Waals surface area contributed by atoms with E-state index in [1.54, 1.807) is 50.5 Å². The molecule has 8 heteroatoms. The number of para-hydroxylation sites is 2. The van der Waals surface area contributed by atoms with Crippen LogP contribution in [0.4, 0.5) is 10.5 Å². The summed E-state index contributed by atoms with van der Waals surface area (Å²) in [6.45, 7) is 0.699. The minimum Gasteiger partial charge on any atom is -0.495 e. The van der Waals surface area contributed by atoms with Crippen LogP contribution >= 0.6 is 0 Å². The Kier molecular flexibility index (Phi) is 7.40. The topological polar surface area (TPSA) is 89.1 Å². The van der Waals surface area contributed by atoms with Crippen LogP contribution in [0.2, 0.25) is 0 Å². The van der Waals surface area contributed by atoms with E-state index in [-0.39, 0.29) is 18.5 Å². The number of anilines is 1. The maximum Gasteiger partial charge on any atom is 0.322 e. The molecule has 3 aromatic carbocycles. The van der Waals surface area contributed by atoms with Crippen LogP contribution in [-0.2, 0) is 6.42 Å². The van der Waals surface area contributed by atoms with Crippen molar-refractivity contribution in [2.75, 3.05) is 39.7 Å². The van der Waals surface area contributed by atoms with Gasteiger partial charge in [-0.25, -0.2) is 4.79 Å². The monoisotopic (exact) mass is 475 g/mol. The Morgan fingerprint density at radius 2 is 1.54 bits per heavy atom. The highest BCUT2D eigenvalue weighted by Gasteiger charge is 2.33. The molecular formula is C27H29N3O5. The molecular weight excluding hydrogens is 446 g/mol. The van der Waals surface area contributed by atoms with Crippen LogP contribution in [-0.4, -0.2) is 51.3 Å². The number of hydrogen-bond donors (Lipinski definition) is 2. The van der Waals surface area contributed by atoms with Gasteiger partial charge in [0, 0.05) is 18.7 Å². The fourth-order valence-corrected chi connectivity index (χ4v) is 4.31. The van der Waals surface area contributed by atoms with Gasteiger partial charge >= 0.3 is 6.03 Å². The predicted octanol–water partition coefficient (Wildman–Crippen LogP) is 4.27. The molecule has 1 heterocycles. The van der Waals surface area contributed by atoms with Crippen molar-refractivity contribution in [2.45, 2.75) is 12.5 Å². The van der Waals surface area contributed by atoms with Gasteiger partial charge in [0.25, 0.3) is 5.91 Å². The molecule has 0 saturated heterocycles. The highest BCUT2D eigenvalue weighted by molar-refractivity contribution is 5.94. The Labute approximate surface area is 204 Å². The molecule has 182 valence electrons. The molecule has 0 radical (unpaired) electrons. The van der Waals surface area contributed by atoms with Crippen LogP contribution in [0.3, 0.4) is 0 Å². The van der Waals surface area contributed by atoms with E-state index < -0.39 is 6.04 Å². The molecule has 0 saturated carbocycles. The highest BCUT2D eigenvalue weighted by Crippen LogP contribution is 2.38. The SMILES string of the molecule is COc1ccccc1NC(=O)N1CCc2cc(OC)c(OC)cc2[C@H]1CNC(=O)c1ccccc1. The third-order valence-corrected chi connectivity index (χ3v) is 6.10. The van der Waals surface area contributed by atoms with Crippen LogP contribution < -0.4 is 24.8 Å². The number of nitrogens with zero attached hydrogens (tertiary/aromatic N) is 1. The molecule has 0 spiro atoms. The second-order valence-corrected chi connectivity index (χ2v) is 8.07. The van der Waals surface area contributed by atoms with Gasteiger partial charge in [-0.1, -0.05) is 30.3 Å². The smallest absolute Gasteiger partial charge is 0.322 e. The molecule has 35 heavy (non-hydrogen) atoms. The van der Waals surface area contributed by atoms with Gasteiger partial charge in [-0.05, 0) is 53.9 Å². The molecule has 4 rings (SSSR count). The summed E-state index contributed by atoms with van der Waals surface area (Å²) < 4.78 is 16.4. The standard InChI is InChI=1S/C27H29N3O5/c1-33-23-12-8-7-11-21(23)29-27(32)30-14-13-19-15-24(34-2)25(35-3)16-20(19)22(30)17-28-26(31)18-9-5-4-6-10-18/h4-12,15-16,22H,13-14,17H2,1-3H3,(H,28,31)(H,29,32)/t22-/m1/s1. The van der Waals surface area contributed by atoms with Gasteiger partial charge in [0.15, 0.2) is 11.5 Å². The second-order valence-electron chi connectivity index (χ2n) is 8.07. The lowest BCUT2D eigenvalue weighted by Gasteiger charge is -2.38. The van der Waals surface area contributed by atoms with Gasteiger partial charge in [0.05, 0.1) is 33.1 Å². The number of urea groups is 1. The number of carbonyl (C=O) groups excluding carboxylic acids is 2. The molecule has 0 aromatic heterocycles. The normalized spacial score (nSPS) is 14.5. The maximum atomic E-state index is 13.4. The zero-order valence-electron chi connectivity index (χ0n) is 20.0. The van der Waals surface area contributed by atoms with Gasteiger partial charge in [-0.3, -0.25) is 4.79 Å². The van der Waals surface area contributed by atoms with E-state index >= 15 is 0 Å². The maximum absolute atomic E-state index is 13.4. The summed E-state index contributed by atoms with van der Waals surface area (Å²) in [6.07, 6.45) is 0.637. The molecule has 0 unspecified atom stereocenters. The Morgan fingerprint density at radius 1 is 0.886 bits per heavy atom. The number of benzene rings is 3. The quantitative estimate of drug-likeness (QED) is 0.533. The lowest BCUT2D eigenvalue weighted by atomic mass is 9.91. The summed E-state index contributed by atoms with van der Waals surface area (Å²) >= 11 is 0. The van der Waals surface area contributed by atoms with E-state index in [4.69, 9.17) is 14.2 Å². The molecule has 2 N–H and O–H groups in total. The molecule has 0 bridgehead atoms. The van der Waals surface area contributed by atoms with E-state index in [0.29, 0.717) is 41.5 Å². The number of hydrogen-bond acceptors (Lipinski definition) is 5. The summed E-state index contributed by atoms with van der Waals surface area (Å²) in [6, 6.07) is 19.4. The van der Waals surface area contributed by atoms with Crippen molar-refractivity contribution >= 4 is 17.6 Å². The van der Waals surface area contributed by atoms with Gasteiger partial charge in [0.1, 0.15) is 5.75 Å². The van der Waals surface area contributed by atoms with E-state index in [9.17, 15) is 9.59 Å². The van der Waals surface area contributed by atoms with Crippen molar-refractivity contribution in [3.05, 3.63) is 83.4 Å². The number of nitrogens with one attached hydrogen (secondary N) is 2. The Bertz CT molecular complexity index is 1200. The number of ether oxygens (including phenoxy) is 3. The number of rotatable bonds is 7. The van der Waals surface area contributed by atoms with E-state index in [0.717, 1.165) is 11.1 Å². The van der Waals surface area contributed by atoms with Crippen LogP contribution in [0, 0.1) is 0 Å². The lowest BCUT2D eigenvalue weighted by molar-refractivity contribution is 0.0936. The first-order chi connectivity index (χ1) is 17.0. The number of fused-ring (bicyclic) bond motifs is 1. The number of methoxy groups -OCH3 is 3. The van der Waals surface area contributed by atoms with Crippen molar-refractivity contribution in [1.29, 1.82) is 0 Å². The molecule has 1 aliphatic rings. The van der Waals surface area contributed by atoms with Crippen molar-refractivity contribution in [2.24, 2.45) is 0 Å². The number of carbonyl (C=O) groups is 2. The summed E-state index contributed by atoms with van der Waals surface area (Å²) in [7, 11) is 4.73. The van der Waals surface area contributed by atoms with Gasteiger partial charge in [-0.2, -0.15) is 0 Å². The molecule has 0 aliphatic carbocycles. The van der Waals surface area contributed by atoms with Crippen LogP contribution in [0.5, 0.6) is 17.2 Å². The fraction of sp³-hybridized carbons (Fsp3) is 0.259. The second kappa shape index (κ2) is 10.8. The van der Waals surface area contributed by atoms with Gasteiger partial charge in [-0.15, -0.1) is 0 Å². The number of amides is 3. The van der Waals surface area contributed by atoms with Crippen molar-refractivity contribution in [1.82, 2.24) is 10.2 Å². The van der Waals surface area contributed by atoms with Crippen LogP contribution in [0.1, 0.15) is 27.5 Å². The zero-order valence-corrected chi connectivity index (χ0v) is 20.0.